The monoisotopic (exact) mass is 349 g/mol. The molecule has 2 fully saturated rings. The highest BCUT2D eigenvalue weighted by molar-refractivity contribution is 5.74. The summed E-state index contributed by atoms with van der Waals surface area (Å²) in [6, 6.07) is 0.0917. The van der Waals surface area contributed by atoms with E-state index < -0.39 is 0 Å². The summed E-state index contributed by atoms with van der Waals surface area (Å²) >= 11 is 0. The molecule has 25 heavy (non-hydrogen) atoms. The van der Waals surface area contributed by atoms with E-state index in [1.807, 2.05) is 24.2 Å². The molecule has 0 unspecified atom stereocenters. The van der Waals surface area contributed by atoms with E-state index in [2.05, 4.69) is 19.8 Å². The number of amides is 2. The minimum Gasteiger partial charge on any atom is -0.379 e. The number of imidazole rings is 1. The topological polar surface area (TPSA) is 62.6 Å². The fourth-order valence-electron chi connectivity index (χ4n) is 3.74. The van der Waals surface area contributed by atoms with E-state index in [9.17, 15) is 4.79 Å². The first-order chi connectivity index (χ1) is 12.2. The molecule has 0 spiro atoms. The number of hydrogen-bond donors (Lipinski definition) is 1. The number of nitrogens with one attached hydrogen (secondary N) is 1. The molecular formula is C18H31N5O2. The van der Waals surface area contributed by atoms with Gasteiger partial charge in [-0.15, -0.1) is 0 Å². The van der Waals surface area contributed by atoms with Crippen LogP contribution < -0.4 is 5.32 Å². The Hall–Kier alpha value is -1.60. The van der Waals surface area contributed by atoms with Crippen LogP contribution in [0.1, 0.15) is 25.1 Å². The molecule has 0 aliphatic carbocycles. The number of likely N-dealkylation sites (tertiary alicyclic amines) is 1. The average molecular weight is 349 g/mol. The summed E-state index contributed by atoms with van der Waals surface area (Å²) in [5.41, 5.74) is 0. The number of piperidine rings is 1. The number of urea groups is 1. The normalized spacial score (nSPS) is 22.1. The van der Waals surface area contributed by atoms with E-state index in [0.717, 1.165) is 71.1 Å². The van der Waals surface area contributed by atoms with Crippen LogP contribution in [-0.4, -0.2) is 77.9 Å². The zero-order valence-electron chi connectivity index (χ0n) is 15.3. The second-order valence-electron chi connectivity index (χ2n) is 7.12. The summed E-state index contributed by atoms with van der Waals surface area (Å²) < 4.78 is 7.53. The van der Waals surface area contributed by atoms with E-state index in [0.29, 0.717) is 12.5 Å². The van der Waals surface area contributed by atoms with E-state index >= 15 is 0 Å². The van der Waals surface area contributed by atoms with Gasteiger partial charge in [0.2, 0.25) is 0 Å². The van der Waals surface area contributed by atoms with E-state index in [-0.39, 0.29) is 6.03 Å². The molecular weight excluding hydrogens is 318 g/mol. The summed E-state index contributed by atoms with van der Waals surface area (Å²) in [5.74, 6) is 1.61. The summed E-state index contributed by atoms with van der Waals surface area (Å²) in [5, 5.41) is 3.08. The van der Waals surface area contributed by atoms with Crippen molar-refractivity contribution in [2.24, 2.45) is 5.92 Å². The third-order valence-corrected chi connectivity index (χ3v) is 5.20. The van der Waals surface area contributed by atoms with E-state index in [1.165, 1.54) is 6.42 Å². The van der Waals surface area contributed by atoms with Crippen LogP contribution in [0.5, 0.6) is 0 Å². The Morgan fingerprint density at radius 1 is 1.36 bits per heavy atom. The van der Waals surface area contributed by atoms with Crippen molar-refractivity contribution < 1.29 is 9.53 Å². The highest BCUT2D eigenvalue weighted by Gasteiger charge is 2.25. The number of morpholine rings is 1. The lowest BCUT2D eigenvalue weighted by Gasteiger charge is -2.36. The lowest BCUT2D eigenvalue weighted by Crippen LogP contribution is -2.49. The first kappa shape index (κ1) is 18.2. The maximum atomic E-state index is 12.4. The van der Waals surface area contributed by atoms with Crippen LogP contribution in [0.3, 0.4) is 0 Å². The van der Waals surface area contributed by atoms with Crippen molar-refractivity contribution in [2.75, 3.05) is 52.5 Å². The Balaban J connectivity index is 1.35. The van der Waals surface area contributed by atoms with Gasteiger partial charge < -0.3 is 19.5 Å². The van der Waals surface area contributed by atoms with Gasteiger partial charge in [-0.3, -0.25) is 4.90 Å². The quantitative estimate of drug-likeness (QED) is 0.787. The summed E-state index contributed by atoms with van der Waals surface area (Å²) in [6.45, 7) is 10.2. The van der Waals surface area contributed by atoms with Crippen LogP contribution in [0.15, 0.2) is 12.4 Å². The van der Waals surface area contributed by atoms with Gasteiger partial charge in [0, 0.05) is 58.2 Å². The Morgan fingerprint density at radius 3 is 2.96 bits per heavy atom. The minimum absolute atomic E-state index is 0.0917. The number of carbonyl (C=O) groups is 1. The zero-order valence-corrected chi connectivity index (χ0v) is 15.3. The van der Waals surface area contributed by atoms with Gasteiger partial charge in [-0.1, -0.05) is 0 Å². The van der Waals surface area contributed by atoms with E-state index in [4.69, 9.17) is 4.74 Å². The largest absolute Gasteiger partial charge is 0.379 e. The van der Waals surface area contributed by atoms with Crippen molar-refractivity contribution in [1.29, 1.82) is 0 Å². The Labute approximate surface area is 150 Å². The van der Waals surface area contributed by atoms with Crippen molar-refractivity contribution in [3.63, 3.8) is 0 Å². The van der Waals surface area contributed by atoms with Gasteiger partial charge in [-0.2, -0.15) is 0 Å². The van der Waals surface area contributed by atoms with Crippen LogP contribution in [0.2, 0.25) is 0 Å². The van der Waals surface area contributed by atoms with E-state index in [1.54, 1.807) is 0 Å². The SMILES string of the molecule is Cc1nccn1CCCNC(=O)N1CCC[C@@H](CN2CCOCC2)C1. The Morgan fingerprint density at radius 2 is 2.20 bits per heavy atom. The number of aryl methyl sites for hydroxylation is 2. The third kappa shape index (κ3) is 5.44. The maximum Gasteiger partial charge on any atom is 0.317 e. The molecule has 7 heteroatoms. The van der Waals surface area contributed by atoms with Gasteiger partial charge in [-0.05, 0) is 32.1 Å². The van der Waals surface area contributed by atoms with Gasteiger partial charge in [0.1, 0.15) is 5.82 Å². The Bertz CT molecular complexity index is 541. The highest BCUT2D eigenvalue weighted by atomic mass is 16.5. The van der Waals surface area contributed by atoms with Crippen LogP contribution >= 0.6 is 0 Å². The first-order valence-corrected chi connectivity index (χ1v) is 9.53. The molecule has 140 valence electrons. The molecule has 7 nitrogen and oxygen atoms in total. The first-order valence-electron chi connectivity index (χ1n) is 9.53. The number of ether oxygens (including phenoxy) is 1. The number of hydrogen-bond acceptors (Lipinski definition) is 4. The maximum absolute atomic E-state index is 12.4. The molecule has 2 saturated heterocycles. The molecule has 3 rings (SSSR count). The van der Waals surface area contributed by atoms with Gasteiger partial charge in [0.15, 0.2) is 0 Å². The van der Waals surface area contributed by atoms with Crippen molar-refractivity contribution in [3.05, 3.63) is 18.2 Å². The van der Waals surface area contributed by atoms with Crippen LogP contribution in [0.25, 0.3) is 0 Å². The molecule has 0 bridgehead atoms. The number of nitrogens with zero attached hydrogens (tertiary/aromatic N) is 4. The lowest BCUT2D eigenvalue weighted by atomic mass is 9.97. The zero-order chi connectivity index (χ0) is 17.5. The molecule has 1 aromatic heterocycles. The second kappa shape index (κ2) is 9.20. The molecule has 2 aliphatic rings. The number of carbonyl (C=O) groups excluding carboxylic acids is 1. The fourth-order valence-corrected chi connectivity index (χ4v) is 3.74. The second-order valence-corrected chi connectivity index (χ2v) is 7.12. The minimum atomic E-state index is 0.0917. The van der Waals surface area contributed by atoms with Gasteiger partial charge in [-0.25, -0.2) is 9.78 Å². The molecule has 1 atom stereocenters. The lowest BCUT2D eigenvalue weighted by molar-refractivity contribution is 0.0249. The smallest absolute Gasteiger partial charge is 0.317 e. The van der Waals surface area contributed by atoms with Crippen molar-refractivity contribution >= 4 is 6.03 Å². The molecule has 0 aromatic carbocycles. The highest BCUT2D eigenvalue weighted by Crippen LogP contribution is 2.18. The van der Waals surface area contributed by atoms with Gasteiger partial charge in [0.25, 0.3) is 0 Å². The Kier molecular flexibility index (Phi) is 6.69. The van der Waals surface area contributed by atoms with Gasteiger partial charge >= 0.3 is 6.03 Å². The van der Waals surface area contributed by atoms with Crippen molar-refractivity contribution in [2.45, 2.75) is 32.7 Å². The van der Waals surface area contributed by atoms with Crippen molar-refractivity contribution in [3.8, 4) is 0 Å². The summed E-state index contributed by atoms with van der Waals surface area (Å²) in [7, 11) is 0. The van der Waals surface area contributed by atoms with Crippen LogP contribution in [0.4, 0.5) is 4.79 Å². The molecule has 1 aromatic rings. The van der Waals surface area contributed by atoms with Crippen LogP contribution in [-0.2, 0) is 11.3 Å². The number of aromatic nitrogens is 2. The predicted molar refractivity (Wildman–Crippen MR) is 96.5 cm³/mol. The summed E-state index contributed by atoms with van der Waals surface area (Å²) in [4.78, 5) is 21.1. The molecule has 0 radical (unpaired) electrons. The van der Waals surface area contributed by atoms with Crippen LogP contribution in [0, 0.1) is 12.8 Å². The standard InChI is InChI=1S/C18H31N5O2/c1-16-19-6-9-22(16)8-3-5-20-18(24)23-7-2-4-17(15-23)14-21-10-12-25-13-11-21/h6,9,17H,2-5,7-8,10-15H2,1H3,(H,20,24)/t17-/m0/s1. The molecule has 2 amide bonds. The average Bonchev–Trinajstić information content (AvgIpc) is 3.04. The predicted octanol–water partition coefficient (Wildman–Crippen LogP) is 1.34. The van der Waals surface area contributed by atoms with Gasteiger partial charge in [0.05, 0.1) is 13.2 Å². The third-order valence-electron chi connectivity index (χ3n) is 5.20. The molecule has 2 aliphatic heterocycles. The molecule has 3 heterocycles. The summed E-state index contributed by atoms with van der Waals surface area (Å²) in [6.07, 6.45) is 7.06. The number of rotatable bonds is 6. The molecule has 1 N–H and O–H groups in total. The molecule has 0 saturated carbocycles. The fraction of sp³-hybridized carbons (Fsp3) is 0.778. The van der Waals surface area contributed by atoms with Crippen molar-refractivity contribution in [1.82, 2.24) is 24.7 Å².